The van der Waals surface area contributed by atoms with E-state index < -0.39 is 5.97 Å². The van der Waals surface area contributed by atoms with E-state index in [-0.39, 0.29) is 5.92 Å². The molecule has 1 aliphatic carbocycles. The van der Waals surface area contributed by atoms with Crippen molar-refractivity contribution in [2.75, 3.05) is 32.7 Å². The molecule has 2 aliphatic rings. The molecular formula is C9H16N2O2. The van der Waals surface area contributed by atoms with E-state index in [1.165, 1.54) is 0 Å². The average Bonchev–Trinajstić information content (AvgIpc) is 2.86. The standard InChI is InChI=1S/C9H16N2O2/c12-9(13)8-5-7(8)6-11-3-1-10-2-4-11/h7-8,10H,1-6H2,(H,12,13). The molecule has 13 heavy (non-hydrogen) atoms. The number of aliphatic carboxylic acids is 1. The van der Waals surface area contributed by atoms with E-state index in [0.717, 1.165) is 39.1 Å². The highest BCUT2D eigenvalue weighted by Gasteiger charge is 2.43. The van der Waals surface area contributed by atoms with Crippen LogP contribution in [-0.4, -0.2) is 48.7 Å². The molecule has 2 atom stereocenters. The van der Waals surface area contributed by atoms with Crippen molar-refractivity contribution in [1.82, 2.24) is 10.2 Å². The normalized spacial score (nSPS) is 34.5. The number of nitrogens with zero attached hydrogens (tertiary/aromatic N) is 1. The Labute approximate surface area is 77.9 Å². The molecule has 0 aromatic heterocycles. The molecule has 0 aromatic rings. The minimum absolute atomic E-state index is 0.0464. The van der Waals surface area contributed by atoms with Gasteiger partial charge in [-0.15, -0.1) is 0 Å². The summed E-state index contributed by atoms with van der Waals surface area (Å²) in [7, 11) is 0. The van der Waals surface area contributed by atoms with Gasteiger partial charge in [-0.05, 0) is 12.3 Å². The summed E-state index contributed by atoms with van der Waals surface area (Å²) in [5, 5.41) is 12.0. The predicted octanol–water partition coefficient (Wildman–Crippen LogP) is -0.388. The van der Waals surface area contributed by atoms with Gasteiger partial charge in [0.25, 0.3) is 0 Å². The zero-order valence-corrected chi connectivity index (χ0v) is 7.70. The topological polar surface area (TPSA) is 52.6 Å². The van der Waals surface area contributed by atoms with Gasteiger partial charge in [0.2, 0.25) is 0 Å². The van der Waals surface area contributed by atoms with Crippen LogP contribution in [0.1, 0.15) is 6.42 Å². The quantitative estimate of drug-likeness (QED) is 0.627. The second-order valence-corrected chi connectivity index (χ2v) is 3.99. The van der Waals surface area contributed by atoms with Gasteiger partial charge in [0.15, 0.2) is 0 Å². The van der Waals surface area contributed by atoms with E-state index in [2.05, 4.69) is 10.2 Å². The van der Waals surface area contributed by atoms with Crippen LogP contribution in [-0.2, 0) is 4.79 Å². The number of nitrogens with one attached hydrogen (secondary N) is 1. The number of piperazine rings is 1. The van der Waals surface area contributed by atoms with Gasteiger partial charge in [-0.25, -0.2) is 0 Å². The number of carboxylic acids is 1. The molecule has 0 aromatic carbocycles. The van der Waals surface area contributed by atoms with Gasteiger partial charge in [-0.1, -0.05) is 0 Å². The molecule has 1 saturated carbocycles. The average molecular weight is 184 g/mol. The smallest absolute Gasteiger partial charge is 0.306 e. The monoisotopic (exact) mass is 184 g/mol. The summed E-state index contributed by atoms with van der Waals surface area (Å²) in [6.45, 7) is 5.22. The Morgan fingerprint density at radius 1 is 1.46 bits per heavy atom. The van der Waals surface area contributed by atoms with Gasteiger partial charge in [-0.2, -0.15) is 0 Å². The number of hydrogen-bond donors (Lipinski definition) is 2. The predicted molar refractivity (Wildman–Crippen MR) is 48.5 cm³/mol. The maximum atomic E-state index is 10.6. The van der Waals surface area contributed by atoms with E-state index in [1.54, 1.807) is 0 Å². The van der Waals surface area contributed by atoms with Crippen molar-refractivity contribution < 1.29 is 9.90 Å². The highest BCUT2D eigenvalue weighted by atomic mass is 16.4. The number of rotatable bonds is 3. The molecule has 0 spiro atoms. The van der Waals surface area contributed by atoms with Crippen LogP contribution in [0.2, 0.25) is 0 Å². The van der Waals surface area contributed by atoms with Gasteiger partial charge < -0.3 is 15.3 Å². The van der Waals surface area contributed by atoms with Crippen molar-refractivity contribution in [1.29, 1.82) is 0 Å². The number of carbonyl (C=O) groups is 1. The van der Waals surface area contributed by atoms with Crippen LogP contribution < -0.4 is 5.32 Å². The molecule has 0 radical (unpaired) electrons. The Morgan fingerprint density at radius 3 is 2.69 bits per heavy atom. The largest absolute Gasteiger partial charge is 0.481 e. The van der Waals surface area contributed by atoms with Crippen LogP contribution in [0.5, 0.6) is 0 Å². The number of carboxylic acid groups (broad SMARTS) is 1. The SMILES string of the molecule is O=C(O)C1CC1CN1CCNCC1. The summed E-state index contributed by atoms with van der Waals surface area (Å²) >= 11 is 0. The first kappa shape index (κ1) is 8.97. The molecule has 4 heteroatoms. The highest BCUT2D eigenvalue weighted by molar-refractivity contribution is 5.73. The molecule has 2 fully saturated rings. The summed E-state index contributed by atoms with van der Waals surface area (Å²) in [6.07, 6.45) is 0.888. The summed E-state index contributed by atoms with van der Waals surface area (Å²) in [5.41, 5.74) is 0. The van der Waals surface area contributed by atoms with Gasteiger partial charge in [0.05, 0.1) is 5.92 Å². The van der Waals surface area contributed by atoms with Crippen LogP contribution in [0.15, 0.2) is 0 Å². The molecule has 0 amide bonds. The molecule has 1 saturated heterocycles. The molecule has 4 nitrogen and oxygen atoms in total. The highest BCUT2D eigenvalue weighted by Crippen LogP contribution is 2.39. The molecule has 1 aliphatic heterocycles. The van der Waals surface area contributed by atoms with E-state index in [4.69, 9.17) is 5.11 Å². The summed E-state index contributed by atoms with van der Waals surface area (Å²) < 4.78 is 0. The van der Waals surface area contributed by atoms with Crippen molar-refractivity contribution in [3.8, 4) is 0 Å². The first-order chi connectivity index (χ1) is 6.27. The Hall–Kier alpha value is -0.610. The van der Waals surface area contributed by atoms with E-state index >= 15 is 0 Å². The second-order valence-electron chi connectivity index (χ2n) is 3.99. The van der Waals surface area contributed by atoms with Crippen molar-refractivity contribution in [2.45, 2.75) is 6.42 Å². The van der Waals surface area contributed by atoms with Gasteiger partial charge in [0.1, 0.15) is 0 Å². The van der Waals surface area contributed by atoms with Crippen LogP contribution in [0.3, 0.4) is 0 Å². The third-order valence-corrected chi connectivity index (χ3v) is 2.94. The third-order valence-electron chi connectivity index (χ3n) is 2.94. The van der Waals surface area contributed by atoms with Crippen LogP contribution in [0.4, 0.5) is 0 Å². The van der Waals surface area contributed by atoms with E-state index in [1.807, 2.05) is 0 Å². The maximum absolute atomic E-state index is 10.6. The fourth-order valence-electron chi connectivity index (χ4n) is 1.98. The summed E-state index contributed by atoms with van der Waals surface area (Å²) in [6, 6.07) is 0. The molecular weight excluding hydrogens is 168 g/mol. The fraction of sp³-hybridized carbons (Fsp3) is 0.889. The van der Waals surface area contributed by atoms with Gasteiger partial charge in [-0.3, -0.25) is 4.79 Å². The molecule has 2 N–H and O–H groups in total. The van der Waals surface area contributed by atoms with Gasteiger partial charge >= 0.3 is 5.97 Å². The van der Waals surface area contributed by atoms with Crippen LogP contribution in [0, 0.1) is 11.8 Å². The van der Waals surface area contributed by atoms with Crippen molar-refractivity contribution >= 4 is 5.97 Å². The summed E-state index contributed by atoms with van der Waals surface area (Å²) in [5.74, 6) is -0.231. The molecule has 74 valence electrons. The molecule has 1 heterocycles. The zero-order valence-electron chi connectivity index (χ0n) is 7.70. The lowest BCUT2D eigenvalue weighted by Crippen LogP contribution is -2.44. The minimum Gasteiger partial charge on any atom is -0.481 e. The lowest BCUT2D eigenvalue weighted by Gasteiger charge is -2.27. The molecule has 2 rings (SSSR count). The van der Waals surface area contributed by atoms with Crippen molar-refractivity contribution in [3.63, 3.8) is 0 Å². The second kappa shape index (κ2) is 3.64. The first-order valence-corrected chi connectivity index (χ1v) is 4.93. The van der Waals surface area contributed by atoms with E-state index in [9.17, 15) is 4.79 Å². The van der Waals surface area contributed by atoms with Crippen molar-refractivity contribution in [3.05, 3.63) is 0 Å². The Bertz CT molecular complexity index is 202. The lowest BCUT2D eigenvalue weighted by molar-refractivity contribution is -0.138. The van der Waals surface area contributed by atoms with Crippen molar-refractivity contribution in [2.24, 2.45) is 11.8 Å². The molecule has 0 bridgehead atoms. The van der Waals surface area contributed by atoms with E-state index in [0.29, 0.717) is 5.92 Å². The minimum atomic E-state index is -0.611. The zero-order chi connectivity index (χ0) is 9.26. The first-order valence-electron chi connectivity index (χ1n) is 4.93. The Balaban J connectivity index is 1.70. The lowest BCUT2D eigenvalue weighted by atomic mass is 10.2. The number of hydrogen-bond acceptors (Lipinski definition) is 3. The van der Waals surface area contributed by atoms with Crippen LogP contribution >= 0.6 is 0 Å². The maximum Gasteiger partial charge on any atom is 0.306 e. The fourth-order valence-corrected chi connectivity index (χ4v) is 1.98. The van der Waals surface area contributed by atoms with Crippen LogP contribution in [0.25, 0.3) is 0 Å². The molecule has 2 unspecified atom stereocenters. The Kier molecular flexibility index (Phi) is 2.51. The summed E-state index contributed by atoms with van der Waals surface area (Å²) in [4.78, 5) is 12.9. The Morgan fingerprint density at radius 2 is 2.15 bits per heavy atom. The third kappa shape index (κ3) is 2.19. The van der Waals surface area contributed by atoms with Gasteiger partial charge in [0, 0.05) is 32.7 Å².